The van der Waals surface area contributed by atoms with E-state index in [2.05, 4.69) is 15.2 Å². The molecule has 0 aliphatic rings. The summed E-state index contributed by atoms with van der Waals surface area (Å²) in [6, 6.07) is 0.399. The summed E-state index contributed by atoms with van der Waals surface area (Å²) in [7, 11) is -4.52. The minimum atomic E-state index is -4.52. The monoisotopic (exact) mass is 305 g/mol. The van der Waals surface area contributed by atoms with Crippen LogP contribution in [0.3, 0.4) is 0 Å². The van der Waals surface area contributed by atoms with E-state index in [1.54, 1.807) is 4.72 Å². The van der Waals surface area contributed by atoms with Gasteiger partial charge in [0.15, 0.2) is 0 Å². The molecule has 0 amide bonds. The van der Waals surface area contributed by atoms with Crippen LogP contribution in [0.5, 0.6) is 0 Å². The molecule has 12 heteroatoms. The van der Waals surface area contributed by atoms with Gasteiger partial charge in [-0.3, -0.25) is 10.1 Å². The van der Waals surface area contributed by atoms with Gasteiger partial charge in [-0.2, -0.15) is 14.5 Å². The zero-order valence-corrected chi connectivity index (χ0v) is 10.2. The standard InChI is InChI=1S/C8H5F2N5O4S/c9-4-1-5(10)7(2-6(4)15(16)17)20(18,19)14-8-11-3-12-13-8/h1-3H,(H2,11,12,13,14). The highest BCUT2D eigenvalue weighted by Crippen LogP contribution is 2.25. The van der Waals surface area contributed by atoms with Crippen LogP contribution in [-0.2, 0) is 10.0 Å². The number of hydrogen-bond acceptors (Lipinski definition) is 6. The van der Waals surface area contributed by atoms with Gasteiger partial charge in [0.25, 0.3) is 10.0 Å². The summed E-state index contributed by atoms with van der Waals surface area (Å²) in [6.07, 6.45) is 0.987. The quantitative estimate of drug-likeness (QED) is 0.634. The highest BCUT2D eigenvalue weighted by Gasteiger charge is 2.27. The number of nitro benzene ring substituents is 1. The number of H-pyrrole nitrogens is 1. The van der Waals surface area contributed by atoms with E-state index >= 15 is 0 Å². The second kappa shape index (κ2) is 4.80. The van der Waals surface area contributed by atoms with E-state index in [1.807, 2.05) is 0 Å². The van der Waals surface area contributed by atoms with Crippen molar-refractivity contribution in [1.29, 1.82) is 0 Å². The molecule has 0 saturated heterocycles. The molecular weight excluding hydrogens is 300 g/mol. The third kappa shape index (κ3) is 2.54. The normalized spacial score (nSPS) is 11.3. The first kappa shape index (κ1) is 13.8. The Bertz CT molecular complexity index is 761. The fourth-order valence-corrected chi connectivity index (χ4v) is 2.35. The van der Waals surface area contributed by atoms with Crippen LogP contribution in [0.15, 0.2) is 23.4 Å². The molecule has 0 fully saturated rings. The zero-order chi connectivity index (χ0) is 14.9. The van der Waals surface area contributed by atoms with E-state index in [0.29, 0.717) is 0 Å². The van der Waals surface area contributed by atoms with Gasteiger partial charge in [0.05, 0.1) is 4.92 Å². The second-order valence-corrected chi connectivity index (χ2v) is 5.08. The van der Waals surface area contributed by atoms with Crippen molar-refractivity contribution in [3.05, 3.63) is 40.2 Å². The van der Waals surface area contributed by atoms with Crippen LogP contribution in [0.1, 0.15) is 0 Å². The average Bonchev–Trinajstić information content (AvgIpc) is 2.79. The van der Waals surface area contributed by atoms with Crippen LogP contribution in [-0.4, -0.2) is 28.5 Å². The number of hydrogen-bond donors (Lipinski definition) is 2. The molecule has 0 atom stereocenters. The van der Waals surface area contributed by atoms with E-state index in [0.717, 1.165) is 6.33 Å². The van der Waals surface area contributed by atoms with E-state index < -0.39 is 37.2 Å². The van der Waals surface area contributed by atoms with Crippen molar-refractivity contribution < 1.29 is 22.1 Å². The van der Waals surface area contributed by atoms with Crippen molar-refractivity contribution >= 4 is 21.7 Å². The molecule has 0 saturated carbocycles. The number of aromatic amines is 1. The maximum atomic E-state index is 13.5. The molecule has 2 N–H and O–H groups in total. The predicted octanol–water partition coefficient (Wildman–Crippen LogP) is 0.792. The fourth-order valence-electron chi connectivity index (χ4n) is 1.30. The molecule has 0 aliphatic carbocycles. The van der Waals surface area contributed by atoms with Crippen molar-refractivity contribution in [2.45, 2.75) is 4.90 Å². The van der Waals surface area contributed by atoms with Crippen molar-refractivity contribution in [3.63, 3.8) is 0 Å². The van der Waals surface area contributed by atoms with Gasteiger partial charge in [0, 0.05) is 12.1 Å². The highest BCUT2D eigenvalue weighted by molar-refractivity contribution is 7.92. The molecule has 2 rings (SSSR count). The summed E-state index contributed by atoms with van der Waals surface area (Å²) < 4.78 is 52.1. The molecule has 0 aliphatic heterocycles. The van der Waals surface area contributed by atoms with Gasteiger partial charge in [-0.1, -0.05) is 0 Å². The lowest BCUT2D eigenvalue weighted by atomic mass is 10.3. The Morgan fingerprint density at radius 3 is 2.55 bits per heavy atom. The summed E-state index contributed by atoms with van der Waals surface area (Å²) in [5, 5.41) is 16.0. The molecule has 1 aromatic heterocycles. The van der Waals surface area contributed by atoms with Crippen molar-refractivity contribution in [1.82, 2.24) is 15.2 Å². The van der Waals surface area contributed by atoms with Crippen molar-refractivity contribution in [3.8, 4) is 0 Å². The first-order valence-electron chi connectivity index (χ1n) is 4.83. The third-order valence-corrected chi connectivity index (χ3v) is 3.49. The van der Waals surface area contributed by atoms with E-state index in [1.165, 1.54) is 0 Å². The van der Waals surface area contributed by atoms with Crippen LogP contribution in [0.2, 0.25) is 0 Å². The Hall–Kier alpha value is -2.63. The van der Waals surface area contributed by atoms with Gasteiger partial charge in [-0.15, -0.1) is 0 Å². The van der Waals surface area contributed by atoms with Crippen LogP contribution in [0.4, 0.5) is 20.4 Å². The van der Waals surface area contributed by atoms with Gasteiger partial charge >= 0.3 is 5.69 Å². The molecule has 1 heterocycles. The molecule has 0 unspecified atom stereocenters. The Morgan fingerprint density at radius 1 is 1.30 bits per heavy atom. The SMILES string of the molecule is O=[N+]([O-])c1cc(S(=O)(=O)Nc2ncn[nH]2)c(F)cc1F. The zero-order valence-electron chi connectivity index (χ0n) is 9.37. The van der Waals surface area contributed by atoms with Crippen molar-refractivity contribution in [2.24, 2.45) is 0 Å². The summed E-state index contributed by atoms with van der Waals surface area (Å²) >= 11 is 0. The molecule has 20 heavy (non-hydrogen) atoms. The molecule has 0 radical (unpaired) electrons. The van der Waals surface area contributed by atoms with Gasteiger partial charge in [0.2, 0.25) is 11.8 Å². The van der Waals surface area contributed by atoms with Gasteiger partial charge in [0.1, 0.15) is 17.0 Å². The number of aromatic nitrogens is 3. The highest BCUT2D eigenvalue weighted by atomic mass is 32.2. The average molecular weight is 305 g/mol. The minimum absolute atomic E-state index is 0.118. The summed E-state index contributed by atoms with van der Waals surface area (Å²) in [6.45, 7) is 0. The lowest BCUT2D eigenvalue weighted by Gasteiger charge is -2.06. The Morgan fingerprint density at radius 2 is 2.00 bits per heavy atom. The van der Waals surface area contributed by atoms with Crippen LogP contribution < -0.4 is 4.72 Å². The van der Waals surface area contributed by atoms with Crippen molar-refractivity contribution in [2.75, 3.05) is 4.72 Å². The topological polar surface area (TPSA) is 131 Å². The lowest BCUT2D eigenvalue weighted by molar-refractivity contribution is -0.387. The minimum Gasteiger partial charge on any atom is -0.258 e. The number of sulfonamides is 1. The number of nitrogens with one attached hydrogen (secondary N) is 2. The molecule has 0 spiro atoms. The number of benzene rings is 1. The number of nitro groups is 1. The van der Waals surface area contributed by atoms with Gasteiger partial charge < -0.3 is 0 Å². The predicted molar refractivity (Wildman–Crippen MR) is 60.2 cm³/mol. The first-order chi connectivity index (χ1) is 9.31. The second-order valence-electron chi connectivity index (χ2n) is 3.43. The molecule has 106 valence electrons. The van der Waals surface area contributed by atoms with E-state index in [4.69, 9.17) is 0 Å². The molecule has 1 aromatic carbocycles. The molecular formula is C8H5F2N5O4S. The Kier molecular flexibility index (Phi) is 3.31. The fraction of sp³-hybridized carbons (Fsp3) is 0. The molecule has 9 nitrogen and oxygen atoms in total. The van der Waals surface area contributed by atoms with Crippen LogP contribution in [0.25, 0.3) is 0 Å². The summed E-state index contributed by atoms with van der Waals surface area (Å²) in [5.41, 5.74) is -1.16. The number of nitrogens with zero attached hydrogens (tertiary/aromatic N) is 3. The van der Waals surface area contributed by atoms with Crippen LogP contribution in [0, 0.1) is 21.7 Å². The lowest BCUT2D eigenvalue weighted by Crippen LogP contribution is -2.16. The van der Waals surface area contributed by atoms with E-state index in [9.17, 15) is 27.3 Å². The summed E-state index contributed by atoms with van der Waals surface area (Å²) in [5.74, 6) is -3.28. The number of rotatable bonds is 4. The smallest absolute Gasteiger partial charge is 0.258 e. The van der Waals surface area contributed by atoms with Gasteiger partial charge in [-0.25, -0.2) is 22.6 Å². The molecule has 2 aromatic rings. The number of halogens is 2. The van der Waals surface area contributed by atoms with Crippen LogP contribution >= 0.6 is 0 Å². The summed E-state index contributed by atoms with van der Waals surface area (Å²) in [4.78, 5) is 11.7. The maximum Gasteiger partial charge on any atom is 0.306 e. The Labute approximate surface area is 109 Å². The largest absolute Gasteiger partial charge is 0.306 e. The van der Waals surface area contributed by atoms with E-state index in [-0.39, 0.29) is 18.1 Å². The number of anilines is 1. The Balaban J connectivity index is 2.51. The third-order valence-electron chi connectivity index (χ3n) is 2.13. The van der Waals surface area contributed by atoms with Gasteiger partial charge in [-0.05, 0) is 0 Å². The molecule has 0 bridgehead atoms. The maximum absolute atomic E-state index is 13.5. The first-order valence-corrected chi connectivity index (χ1v) is 6.31.